The van der Waals surface area contributed by atoms with E-state index in [9.17, 15) is 9.59 Å². The predicted octanol–water partition coefficient (Wildman–Crippen LogP) is 1.08. The number of hydrogen-bond acceptors (Lipinski definition) is 3. The van der Waals surface area contributed by atoms with Crippen molar-refractivity contribution in [1.82, 2.24) is 5.32 Å². The maximum atomic E-state index is 11.5. The summed E-state index contributed by atoms with van der Waals surface area (Å²) in [6.45, 7) is 1.60. The highest BCUT2D eigenvalue weighted by Crippen LogP contribution is 2.19. The summed E-state index contributed by atoms with van der Waals surface area (Å²) in [6, 6.07) is 5.14. The Morgan fingerprint density at radius 3 is 2.56 bits per heavy atom. The van der Waals surface area contributed by atoms with Crippen molar-refractivity contribution >= 4 is 41.5 Å². The molecule has 1 aromatic carbocycles. The van der Waals surface area contributed by atoms with E-state index in [0.29, 0.717) is 10.7 Å². The van der Waals surface area contributed by atoms with Crippen LogP contribution in [0.1, 0.15) is 5.56 Å². The molecule has 4 N–H and O–H groups in total. The fourth-order valence-corrected chi connectivity index (χ4v) is 1.44. The van der Waals surface area contributed by atoms with Gasteiger partial charge in [-0.05, 0) is 30.7 Å². The van der Waals surface area contributed by atoms with Crippen molar-refractivity contribution in [1.29, 1.82) is 0 Å². The highest BCUT2D eigenvalue weighted by molar-refractivity contribution is 6.30. The molecule has 0 radical (unpaired) electrons. The minimum Gasteiger partial charge on any atom is -0.346 e. The monoisotopic (exact) mass is 291 g/mol. The fraction of sp³-hybridized carbons (Fsp3) is 0.273. The summed E-state index contributed by atoms with van der Waals surface area (Å²) >= 11 is 5.79. The lowest BCUT2D eigenvalue weighted by Gasteiger charge is -2.09. The molecular weight excluding hydrogens is 277 g/mol. The molecular formula is C11H15Cl2N3O2. The van der Waals surface area contributed by atoms with Gasteiger partial charge in [0.2, 0.25) is 11.8 Å². The number of nitrogens with two attached hydrogens (primary N) is 1. The standard InChI is InChI=1S/C11H14ClN3O2.ClH/c1-7-4-8(12)2-3-9(7)15-11(17)6-14-10(16)5-13;/h2-4H,5-6,13H2,1H3,(H,14,16)(H,15,17);1H. The van der Waals surface area contributed by atoms with Crippen LogP contribution in [0, 0.1) is 6.92 Å². The molecule has 0 fully saturated rings. The molecule has 0 heterocycles. The first-order chi connectivity index (χ1) is 8.02. The normalized spacial score (nSPS) is 9.28. The quantitative estimate of drug-likeness (QED) is 0.776. The van der Waals surface area contributed by atoms with E-state index in [2.05, 4.69) is 10.6 Å². The van der Waals surface area contributed by atoms with E-state index < -0.39 is 0 Å². The van der Waals surface area contributed by atoms with Gasteiger partial charge in [-0.3, -0.25) is 9.59 Å². The lowest BCUT2D eigenvalue weighted by atomic mass is 10.2. The molecule has 1 rings (SSSR count). The summed E-state index contributed by atoms with van der Waals surface area (Å²) in [5.74, 6) is -0.676. The molecule has 100 valence electrons. The van der Waals surface area contributed by atoms with Gasteiger partial charge < -0.3 is 16.4 Å². The SMILES string of the molecule is Cc1cc(Cl)ccc1NC(=O)CNC(=O)CN.Cl. The fourth-order valence-electron chi connectivity index (χ4n) is 1.21. The van der Waals surface area contributed by atoms with Crippen LogP contribution in [0.4, 0.5) is 5.69 Å². The van der Waals surface area contributed by atoms with Crippen molar-refractivity contribution in [3.63, 3.8) is 0 Å². The van der Waals surface area contributed by atoms with Gasteiger partial charge in [-0.2, -0.15) is 0 Å². The van der Waals surface area contributed by atoms with Gasteiger partial charge in [0.1, 0.15) is 0 Å². The van der Waals surface area contributed by atoms with E-state index in [1.165, 1.54) is 0 Å². The Morgan fingerprint density at radius 1 is 1.33 bits per heavy atom. The number of carbonyl (C=O) groups excluding carboxylic acids is 2. The van der Waals surface area contributed by atoms with Crippen LogP contribution < -0.4 is 16.4 Å². The molecule has 0 bridgehead atoms. The van der Waals surface area contributed by atoms with E-state index in [-0.39, 0.29) is 37.3 Å². The number of halogens is 2. The van der Waals surface area contributed by atoms with Crippen molar-refractivity contribution in [2.75, 3.05) is 18.4 Å². The molecule has 18 heavy (non-hydrogen) atoms. The van der Waals surface area contributed by atoms with E-state index in [1.54, 1.807) is 18.2 Å². The van der Waals surface area contributed by atoms with Gasteiger partial charge in [0, 0.05) is 10.7 Å². The summed E-state index contributed by atoms with van der Waals surface area (Å²) < 4.78 is 0. The minimum atomic E-state index is -0.368. The maximum absolute atomic E-state index is 11.5. The molecule has 0 saturated carbocycles. The van der Waals surface area contributed by atoms with E-state index in [1.807, 2.05) is 6.92 Å². The van der Waals surface area contributed by atoms with E-state index in [0.717, 1.165) is 5.56 Å². The number of anilines is 1. The topological polar surface area (TPSA) is 84.2 Å². The van der Waals surface area contributed by atoms with Gasteiger partial charge in [-0.25, -0.2) is 0 Å². The first-order valence-electron chi connectivity index (χ1n) is 5.05. The van der Waals surface area contributed by atoms with Crippen LogP contribution in [0.15, 0.2) is 18.2 Å². The summed E-state index contributed by atoms with van der Waals surface area (Å²) in [7, 11) is 0. The van der Waals surface area contributed by atoms with Crippen molar-refractivity contribution in [3.8, 4) is 0 Å². The third-order valence-corrected chi connectivity index (χ3v) is 2.33. The largest absolute Gasteiger partial charge is 0.346 e. The van der Waals surface area contributed by atoms with Crippen molar-refractivity contribution in [3.05, 3.63) is 28.8 Å². The second kappa shape index (κ2) is 7.92. The Kier molecular flexibility index (Phi) is 7.35. The summed E-state index contributed by atoms with van der Waals surface area (Å²) in [4.78, 5) is 22.3. The van der Waals surface area contributed by atoms with Crippen LogP contribution in [0.25, 0.3) is 0 Å². The molecule has 0 unspecified atom stereocenters. The average Bonchev–Trinajstić information content (AvgIpc) is 2.29. The smallest absolute Gasteiger partial charge is 0.243 e. The van der Waals surface area contributed by atoms with Gasteiger partial charge in [0.05, 0.1) is 13.1 Å². The van der Waals surface area contributed by atoms with Gasteiger partial charge in [-0.1, -0.05) is 11.6 Å². The zero-order valence-corrected chi connectivity index (χ0v) is 11.4. The van der Waals surface area contributed by atoms with Crippen LogP contribution in [0.2, 0.25) is 5.02 Å². The zero-order valence-electron chi connectivity index (χ0n) is 9.83. The summed E-state index contributed by atoms with van der Waals surface area (Å²) in [5.41, 5.74) is 6.62. The van der Waals surface area contributed by atoms with Crippen LogP contribution in [-0.2, 0) is 9.59 Å². The molecule has 0 atom stereocenters. The molecule has 0 aliphatic rings. The number of hydrogen-bond donors (Lipinski definition) is 3. The number of aryl methyl sites for hydroxylation is 1. The van der Waals surface area contributed by atoms with E-state index >= 15 is 0 Å². The van der Waals surface area contributed by atoms with Crippen molar-refractivity contribution in [2.24, 2.45) is 5.73 Å². The summed E-state index contributed by atoms with van der Waals surface area (Å²) in [6.07, 6.45) is 0. The highest BCUT2D eigenvalue weighted by Gasteiger charge is 2.06. The highest BCUT2D eigenvalue weighted by atomic mass is 35.5. The third kappa shape index (κ3) is 5.35. The predicted molar refractivity (Wildman–Crippen MR) is 74.1 cm³/mol. The molecule has 0 aliphatic heterocycles. The Hall–Kier alpha value is -1.30. The molecule has 1 aromatic rings. The first kappa shape index (κ1) is 16.7. The number of carbonyl (C=O) groups is 2. The van der Waals surface area contributed by atoms with Crippen LogP contribution >= 0.6 is 24.0 Å². The third-order valence-electron chi connectivity index (χ3n) is 2.09. The van der Waals surface area contributed by atoms with Crippen molar-refractivity contribution in [2.45, 2.75) is 6.92 Å². The van der Waals surface area contributed by atoms with Gasteiger partial charge in [0.15, 0.2) is 0 Å². The Balaban J connectivity index is 0.00000289. The Bertz CT molecular complexity index is 438. The van der Waals surface area contributed by atoms with Gasteiger partial charge >= 0.3 is 0 Å². The molecule has 0 aromatic heterocycles. The molecule has 0 aliphatic carbocycles. The van der Waals surface area contributed by atoms with Crippen LogP contribution in [0.3, 0.4) is 0 Å². The average molecular weight is 292 g/mol. The number of nitrogens with one attached hydrogen (secondary N) is 2. The Morgan fingerprint density at radius 2 is 2.00 bits per heavy atom. The molecule has 0 spiro atoms. The minimum absolute atomic E-state index is 0. The Labute approximate surface area is 116 Å². The first-order valence-corrected chi connectivity index (χ1v) is 5.43. The molecule has 2 amide bonds. The van der Waals surface area contributed by atoms with E-state index in [4.69, 9.17) is 17.3 Å². The van der Waals surface area contributed by atoms with Crippen LogP contribution in [0.5, 0.6) is 0 Å². The number of rotatable bonds is 4. The number of benzene rings is 1. The molecule has 7 heteroatoms. The van der Waals surface area contributed by atoms with Gasteiger partial charge in [0.25, 0.3) is 0 Å². The van der Waals surface area contributed by atoms with Gasteiger partial charge in [-0.15, -0.1) is 12.4 Å². The molecule has 0 saturated heterocycles. The summed E-state index contributed by atoms with van der Waals surface area (Å²) in [5, 5.41) is 5.65. The lowest BCUT2D eigenvalue weighted by molar-refractivity contribution is -0.123. The lowest BCUT2D eigenvalue weighted by Crippen LogP contribution is -2.36. The van der Waals surface area contributed by atoms with Crippen molar-refractivity contribution < 1.29 is 9.59 Å². The maximum Gasteiger partial charge on any atom is 0.243 e. The molecule has 5 nitrogen and oxygen atoms in total. The number of amides is 2. The second-order valence-corrected chi connectivity index (χ2v) is 3.92. The second-order valence-electron chi connectivity index (χ2n) is 3.49. The zero-order chi connectivity index (χ0) is 12.8. The van der Waals surface area contributed by atoms with Crippen LogP contribution in [-0.4, -0.2) is 24.9 Å².